The molecule has 0 spiro atoms. The first kappa shape index (κ1) is 12.1. The summed E-state index contributed by atoms with van der Waals surface area (Å²) in [5, 5.41) is 9.73. The van der Waals surface area contributed by atoms with Gasteiger partial charge in [0.15, 0.2) is 5.60 Å². The summed E-state index contributed by atoms with van der Waals surface area (Å²) >= 11 is 0. The number of carbonyl (C=O) groups is 1. The van der Waals surface area contributed by atoms with Gasteiger partial charge in [0.2, 0.25) is 0 Å². The first-order valence-corrected chi connectivity index (χ1v) is 3.95. The van der Waals surface area contributed by atoms with Crippen LogP contribution < -0.4 is 0 Å². The fourth-order valence-corrected chi connectivity index (χ4v) is 1.04. The Balaban J connectivity index is 4.54. The summed E-state index contributed by atoms with van der Waals surface area (Å²) in [7, 11) is 2.64. The molecule has 0 aromatic rings. The van der Waals surface area contributed by atoms with Crippen molar-refractivity contribution in [2.24, 2.45) is 0 Å². The maximum atomic E-state index is 11.1. The molecule has 0 fully saturated rings. The molecule has 4 nitrogen and oxygen atoms in total. The summed E-state index contributed by atoms with van der Waals surface area (Å²) in [6.07, 6.45) is 1.34. The highest BCUT2D eigenvalue weighted by Crippen LogP contribution is 2.18. The second-order valence-corrected chi connectivity index (χ2v) is 2.89. The molecule has 13 heavy (non-hydrogen) atoms. The first-order valence-electron chi connectivity index (χ1n) is 3.95. The minimum atomic E-state index is -1.63. The zero-order valence-corrected chi connectivity index (χ0v) is 8.24. The van der Waals surface area contributed by atoms with Gasteiger partial charge in [0.05, 0.1) is 13.2 Å². The van der Waals surface area contributed by atoms with E-state index < -0.39 is 17.7 Å². The normalized spacial score (nSPS) is 17.2. The highest BCUT2D eigenvalue weighted by molar-refractivity contribution is 5.79. The number of carbonyl (C=O) groups excluding carboxylic acids is 1. The van der Waals surface area contributed by atoms with Gasteiger partial charge in [0, 0.05) is 7.11 Å². The van der Waals surface area contributed by atoms with Crippen molar-refractivity contribution in [1.82, 2.24) is 0 Å². The van der Waals surface area contributed by atoms with Crippen molar-refractivity contribution >= 4 is 5.97 Å². The van der Waals surface area contributed by atoms with Crippen molar-refractivity contribution < 1.29 is 19.4 Å². The maximum Gasteiger partial charge on any atom is 0.340 e. The summed E-state index contributed by atoms with van der Waals surface area (Å²) in [4.78, 5) is 11.1. The van der Waals surface area contributed by atoms with Gasteiger partial charge in [-0.3, -0.25) is 0 Å². The smallest absolute Gasteiger partial charge is 0.340 e. The van der Waals surface area contributed by atoms with E-state index in [1.807, 2.05) is 0 Å². The van der Waals surface area contributed by atoms with Crippen LogP contribution in [0.5, 0.6) is 0 Å². The van der Waals surface area contributed by atoms with Gasteiger partial charge in [-0.15, -0.1) is 6.58 Å². The molecule has 0 saturated heterocycles. The van der Waals surface area contributed by atoms with E-state index in [1.165, 1.54) is 21.1 Å². The van der Waals surface area contributed by atoms with Gasteiger partial charge in [0.25, 0.3) is 0 Å². The molecule has 76 valence electrons. The predicted octanol–water partition coefficient (Wildman–Crippen LogP) is 0.501. The molecule has 4 heteroatoms. The third-order valence-electron chi connectivity index (χ3n) is 1.89. The van der Waals surface area contributed by atoms with E-state index >= 15 is 0 Å². The monoisotopic (exact) mass is 188 g/mol. The van der Waals surface area contributed by atoms with Crippen molar-refractivity contribution in [2.75, 3.05) is 14.2 Å². The lowest BCUT2D eigenvalue weighted by molar-refractivity contribution is -0.174. The molecule has 0 unspecified atom stereocenters. The molecule has 0 amide bonds. The third-order valence-corrected chi connectivity index (χ3v) is 1.89. The lowest BCUT2D eigenvalue weighted by atomic mass is 9.96. The van der Waals surface area contributed by atoms with Crippen LogP contribution in [0.25, 0.3) is 0 Å². The lowest BCUT2D eigenvalue weighted by Gasteiger charge is -2.28. The molecule has 0 aromatic carbocycles. The molecule has 0 aromatic heterocycles. The second-order valence-electron chi connectivity index (χ2n) is 2.89. The molecule has 0 bridgehead atoms. The van der Waals surface area contributed by atoms with Gasteiger partial charge >= 0.3 is 5.97 Å². The maximum absolute atomic E-state index is 11.1. The van der Waals surface area contributed by atoms with Crippen LogP contribution in [0.3, 0.4) is 0 Å². The molecular formula is C9H16O4. The van der Waals surface area contributed by atoms with Crippen LogP contribution in [0.1, 0.15) is 13.3 Å². The highest BCUT2D eigenvalue weighted by Gasteiger charge is 2.40. The molecule has 0 radical (unpaired) electrons. The number of hydrogen-bond donors (Lipinski definition) is 1. The van der Waals surface area contributed by atoms with Crippen LogP contribution in [0.15, 0.2) is 12.7 Å². The fraction of sp³-hybridized carbons (Fsp3) is 0.667. The zero-order chi connectivity index (χ0) is 10.5. The number of hydrogen-bond acceptors (Lipinski definition) is 4. The summed E-state index contributed by atoms with van der Waals surface area (Å²) < 4.78 is 9.40. The van der Waals surface area contributed by atoms with Crippen LogP contribution in [-0.2, 0) is 14.3 Å². The predicted molar refractivity (Wildman–Crippen MR) is 48.3 cm³/mol. The number of methoxy groups -OCH3 is 2. The molecule has 0 heterocycles. The Hall–Kier alpha value is -0.870. The van der Waals surface area contributed by atoms with Gasteiger partial charge < -0.3 is 14.6 Å². The van der Waals surface area contributed by atoms with Crippen LogP contribution in [0.4, 0.5) is 0 Å². The summed E-state index contributed by atoms with van der Waals surface area (Å²) in [6.45, 7) is 4.86. The van der Waals surface area contributed by atoms with Crippen LogP contribution in [0.2, 0.25) is 0 Å². The average Bonchev–Trinajstić information content (AvgIpc) is 2.12. The summed E-state index contributed by atoms with van der Waals surface area (Å²) in [5.74, 6) is -0.707. The highest BCUT2D eigenvalue weighted by atomic mass is 16.6. The van der Waals surface area contributed by atoms with Crippen LogP contribution >= 0.6 is 0 Å². The molecule has 0 rings (SSSR count). The Morgan fingerprint density at radius 2 is 2.23 bits per heavy atom. The number of ether oxygens (including phenoxy) is 2. The van der Waals surface area contributed by atoms with E-state index in [2.05, 4.69) is 11.3 Å². The number of rotatable bonds is 5. The lowest BCUT2D eigenvalue weighted by Crippen LogP contribution is -2.48. The third kappa shape index (κ3) is 2.82. The molecule has 0 saturated carbocycles. The van der Waals surface area contributed by atoms with Crippen molar-refractivity contribution in [1.29, 1.82) is 0 Å². The minimum Gasteiger partial charge on any atom is -0.467 e. The van der Waals surface area contributed by atoms with E-state index in [4.69, 9.17) is 4.74 Å². The Labute approximate surface area is 78.2 Å². The fourth-order valence-electron chi connectivity index (χ4n) is 1.04. The van der Waals surface area contributed by atoms with Crippen molar-refractivity contribution in [3.8, 4) is 0 Å². The quantitative estimate of drug-likeness (QED) is 0.504. The van der Waals surface area contributed by atoms with Crippen molar-refractivity contribution in [2.45, 2.75) is 25.0 Å². The summed E-state index contributed by atoms with van der Waals surface area (Å²) in [6, 6.07) is 0. The van der Waals surface area contributed by atoms with E-state index in [9.17, 15) is 9.90 Å². The van der Waals surface area contributed by atoms with Gasteiger partial charge in [-0.05, 0) is 13.3 Å². The average molecular weight is 188 g/mol. The topological polar surface area (TPSA) is 55.8 Å². The van der Waals surface area contributed by atoms with Crippen molar-refractivity contribution in [3.05, 3.63) is 12.7 Å². The van der Waals surface area contributed by atoms with Gasteiger partial charge in [-0.25, -0.2) is 4.79 Å². The molecule has 0 aliphatic heterocycles. The SMILES string of the molecule is C=CC[C@H](OC)[C@@](C)(O)C(=O)OC. The van der Waals surface area contributed by atoms with Gasteiger partial charge in [-0.1, -0.05) is 6.08 Å². The van der Waals surface area contributed by atoms with Crippen LogP contribution in [0, 0.1) is 0 Å². The molecular weight excluding hydrogens is 172 g/mol. The summed E-state index contributed by atoms with van der Waals surface area (Å²) in [5.41, 5.74) is -1.63. The van der Waals surface area contributed by atoms with Gasteiger partial charge in [0.1, 0.15) is 0 Å². The molecule has 2 atom stereocenters. The molecule has 1 N–H and O–H groups in total. The number of esters is 1. The van der Waals surface area contributed by atoms with E-state index in [0.717, 1.165) is 0 Å². The van der Waals surface area contributed by atoms with E-state index in [1.54, 1.807) is 6.08 Å². The minimum absolute atomic E-state index is 0.388. The second kappa shape index (κ2) is 4.99. The Morgan fingerprint density at radius 1 is 1.69 bits per heavy atom. The Bertz CT molecular complexity index is 186. The van der Waals surface area contributed by atoms with Gasteiger partial charge in [-0.2, -0.15) is 0 Å². The van der Waals surface area contributed by atoms with Crippen LogP contribution in [-0.4, -0.2) is 37.0 Å². The van der Waals surface area contributed by atoms with E-state index in [0.29, 0.717) is 6.42 Å². The first-order chi connectivity index (χ1) is 6.00. The largest absolute Gasteiger partial charge is 0.467 e. The molecule has 0 aliphatic carbocycles. The Kier molecular flexibility index (Phi) is 4.66. The Morgan fingerprint density at radius 3 is 2.54 bits per heavy atom. The molecule has 0 aliphatic rings. The zero-order valence-electron chi connectivity index (χ0n) is 8.24. The van der Waals surface area contributed by atoms with E-state index in [-0.39, 0.29) is 0 Å². The van der Waals surface area contributed by atoms with Crippen molar-refractivity contribution in [3.63, 3.8) is 0 Å². The standard InChI is InChI=1S/C9H16O4/c1-5-6-7(12-3)9(2,11)8(10)13-4/h5,7,11H,1,6H2,2-4H3/t7-,9+/m0/s1. The number of aliphatic hydroxyl groups is 1.